The number of carbonyl (C=O) groups excluding carboxylic acids is 1. The second-order valence-corrected chi connectivity index (χ2v) is 9.18. The molecule has 2 heterocycles. The van der Waals surface area contributed by atoms with Crippen LogP contribution in [0.15, 0.2) is 4.99 Å². The lowest BCUT2D eigenvalue weighted by molar-refractivity contribution is -0.122. The van der Waals surface area contributed by atoms with Crippen molar-refractivity contribution >= 4 is 11.9 Å². The van der Waals surface area contributed by atoms with Gasteiger partial charge in [-0.25, -0.2) is 25.2 Å². The first-order chi connectivity index (χ1) is 13.8. The highest BCUT2D eigenvalue weighted by atomic mass is 19.1. The van der Waals surface area contributed by atoms with Crippen LogP contribution in [0.25, 0.3) is 0 Å². The molecule has 5 N–H and O–H groups in total. The molecule has 9 heteroatoms. The van der Waals surface area contributed by atoms with Gasteiger partial charge in [-0.1, -0.05) is 0 Å². The third kappa shape index (κ3) is 6.34. The van der Waals surface area contributed by atoms with Crippen LogP contribution in [0.3, 0.4) is 0 Å². The fraction of sp³-hybridized carbons (Fsp3) is 0.900. The van der Waals surface area contributed by atoms with Crippen LogP contribution in [0, 0.1) is 5.92 Å². The predicted molar refractivity (Wildman–Crippen MR) is 113 cm³/mol. The van der Waals surface area contributed by atoms with Gasteiger partial charge >= 0.3 is 0 Å². The van der Waals surface area contributed by atoms with Crippen molar-refractivity contribution in [2.24, 2.45) is 10.9 Å². The van der Waals surface area contributed by atoms with Crippen molar-refractivity contribution in [1.82, 2.24) is 31.9 Å². The second-order valence-electron chi connectivity index (χ2n) is 9.18. The Morgan fingerprint density at radius 3 is 2.45 bits per heavy atom. The standard InChI is InChI=1S/C20H38FN7O/c1-12(2)22-20(24-19(29)16-9-10-28(27-16)13(3)4)23-18-11-17(25-26-18)14-5-7-15(21)8-6-14/h12-18,25-27H,5-11H2,1-4H3,(H2,22,23,24,29). The van der Waals surface area contributed by atoms with Crippen LogP contribution in [0.4, 0.5) is 4.39 Å². The van der Waals surface area contributed by atoms with Gasteiger partial charge in [-0.15, -0.1) is 0 Å². The number of amides is 1. The number of guanidine groups is 1. The monoisotopic (exact) mass is 411 g/mol. The Kier molecular flexibility index (Phi) is 7.84. The summed E-state index contributed by atoms with van der Waals surface area (Å²) in [5, 5.41) is 8.32. The van der Waals surface area contributed by atoms with E-state index in [0.29, 0.717) is 36.8 Å². The quantitative estimate of drug-likeness (QED) is 0.344. The summed E-state index contributed by atoms with van der Waals surface area (Å²) in [6.07, 6.45) is 4.03. The van der Waals surface area contributed by atoms with E-state index in [2.05, 4.69) is 45.8 Å². The molecule has 3 aliphatic rings. The first kappa shape index (κ1) is 22.4. The number of hydrazine groups is 2. The van der Waals surface area contributed by atoms with Gasteiger partial charge in [0, 0.05) is 31.1 Å². The van der Waals surface area contributed by atoms with E-state index in [1.54, 1.807) is 0 Å². The van der Waals surface area contributed by atoms with Gasteiger partial charge in [0.15, 0.2) is 5.96 Å². The molecule has 0 spiro atoms. The van der Waals surface area contributed by atoms with Gasteiger partial charge in [-0.05, 0) is 65.7 Å². The highest BCUT2D eigenvalue weighted by Crippen LogP contribution is 2.31. The molecule has 0 aromatic rings. The van der Waals surface area contributed by atoms with Gasteiger partial charge in [0.05, 0.1) is 0 Å². The van der Waals surface area contributed by atoms with Gasteiger partial charge in [0.2, 0.25) is 5.91 Å². The molecule has 3 unspecified atom stereocenters. The molecule has 2 aliphatic heterocycles. The normalized spacial score (nSPS) is 34.2. The number of alkyl halides is 1. The Morgan fingerprint density at radius 2 is 1.83 bits per heavy atom. The molecule has 166 valence electrons. The molecule has 1 aliphatic carbocycles. The van der Waals surface area contributed by atoms with Crippen LogP contribution in [-0.2, 0) is 4.79 Å². The highest BCUT2D eigenvalue weighted by molar-refractivity contribution is 5.99. The van der Waals surface area contributed by atoms with Gasteiger partial charge in [-0.2, -0.15) is 0 Å². The lowest BCUT2D eigenvalue weighted by Crippen LogP contribution is -2.52. The molecule has 0 aromatic carbocycles. The predicted octanol–water partition coefficient (Wildman–Crippen LogP) is 1.16. The van der Waals surface area contributed by atoms with Crippen molar-refractivity contribution in [1.29, 1.82) is 0 Å². The summed E-state index contributed by atoms with van der Waals surface area (Å²) in [5.74, 6) is 0.918. The van der Waals surface area contributed by atoms with E-state index in [4.69, 9.17) is 4.99 Å². The number of halogens is 1. The van der Waals surface area contributed by atoms with Crippen LogP contribution in [-0.4, -0.2) is 59.9 Å². The van der Waals surface area contributed by atoms with E-state index in [1.807, 2.05) is 13.8 Å². The zero-order valence-corrected chi connectivity index (χ0v) is 18.2. The molecule has 0 radical (unpaired) electrons. The summed E-state index contributed by atoms with van der Waals surface area (Å²) >= 11 is 0. The summed E-state index contributed by atoms with van der Waals surface area (Å²) in [6, 6.07) is 0.564. The molecule has 1 saturated carbocycles. The Hall–Kier alpha value is -1.29. The average molecular weight is 412 g/mol. The van der Waals surface area contributed by atoms with Gasteiger partial charge in [0.1, 0.15) is 18.4 Å². The van der Waals surface area contributed by atoms with E-state index in [0.717, 1.165) is 32.2 Å². The molecule has 3 atom stereocenters. The first-order valence-electron chi connectivity index (χ1n) is 11.1. The molecule has 2 saturated heterocycles. The zero-order valence-electron chi connectivity index (χ0n) is 18.2. The molecular formula is C20H38FN7O. The van der Waals surface area contributed by atoms with E-state index >= 15 is 0 Å². The maximum Gasteiger partial charge on any atom is 0.245 e. The summed E-state index contributed by atoms with van der Waals surface area (Å²) in [6.45, 7) is 9.12. The number of nitrogens with zero attached hydrogens (tertiary/aromatic N) is 2. The Balaban J connectivity index is 1.55. The first-order valence-corrected chi connectivity index (χ1v) is 11.1. The molecule has 3 fully saturated rings. The number of carbonyl (C=O) groups is 1. The maximum absolute atomic E-state index is 13.4. The molecular weight excluding hydrogens is 373 g/mol. The Morgan fingerprint density at radius 1 is 1.10 bits per heavy atom. The minimum absolute atomic E-state index is 0.0659. The summed E-state index contributed by atoms with van der Waals surface area (Å²) in [5.41, 5.74) is 9.85. The van der Waals surface area contributed by atoms with Crippen LogP contribution < -0.4 is 26.9 Å². The Bertz CT molecular complexity index is 577. The van der Waals surface area contributed by atoms with E-state index in [9.17, 15) is 9.18 Å². The number of hydrogen-bond acceptors (Lipinski definition) is 6. The van der Waals surface area contributed by atoms with Crippen molar-refractivity contribution in [3.05, 3.63) is 0 Å². The highest BCUT2D eigenvalue weighted by Gasteiger charge is 2.34. The molecule has 1 amide bonds. The number of nitrogens with one attached hydrogen (secondary N) is 5. The average Bonchev–Trinajstić information content (AvgIpc) is 3.31. The van der Waals surface area contributed by atoms with Crippen molar-refractivity contribution in [3.8, 4) is 0 Å². The van der Waals surface area contributed by atoms with Gasteiger partial charge in [0.25, 0.3) is 0 Å². The smallest absolute Gasteiger partial charge is 0.245 e. The number of rotatable bonds is 5. The van der Waals surface area contributed by atoms with Gasteiger partial charge in [-0.3, -0.25) is 15.5 Å². The van der Waals surface area contributed by atoms with Crippen molar-refractivity contribution in [2.45, 2.75) is 103 Å². The van der Waals surface area contributed by atoms with E-state index in [-0.39, 0.29) is 24.2 Å². The lowest BCUT2D eigenvalue weighted by Gasteiger charge is -2.28. The summed E-state index contributed by atoms with van der Waals surface area (Å²) in [7, 11) is 0. The largest absolute Gasteiger partial charge is 0.354 e. The number of aliphatic imine (C=N–C) groups is 1. The fourth-order valence-corrected chi connectivity index (χ4v) is 4.37. The molecule has 0 aromatic heterocycles. The van der Waals surface area contributed by atoms with Gasteiger partial charge < -0.3 is 5.32 Å². The molecule has 8 nitrogen and oxygen atoms in total. The lowest BCUT2D eigenvalue weighted by atomic mass is 9.82. The SMILES string of the molecule is CC(C)N/C(=N\C1CC(C2CCC(F)CC2)NN1)NC(=O)C1CCN(C(C)C)N1. The van der Waals surface area contributed by atoms with Crippen LogP contribution in [0.2, 0.25) is 0 Å². The molecule has 3 rings (SSSR count). The topological polar surface area (TPSA) is 92.8 Å². The minimum atomic E-state index is -0.637. The second kappa shape index (κ2) is 10.1. The zero-order chi connectivity index (χ0) is 21.0. The molecule has 29 heavy (non-hydrogen) atoms. The summed E-state index contributed by atoms with van der Waals surface area (Å²) in [4.78, 5) is 17.5. The van der Waals surface area contributed by atoms with E-state index < -0.39 is 6.17 Å². The Labute approximate surface area is 173 Å². The van der Waals surface area contributed by atoms with Crippen LogP contribution >= 0.6 is 0 Å². The number of hydrogen-bond donors (Lipinski definition) is 5. The minimum Gasteiger partial charge on any atom is -0.354 e. The third-order valence-corrected chi connectivity index (χ3v) is 6.06. The van der Waals surface area contributed by atoms with Crippen molar-refractivity contribution < 1.29 is 9.18 Å². The molecule has 0 bridgehead atoms. The van der Waals surface area contributed by atoms with Crippen molar-refractivity contribution in [2.75, 3.05) is 6.54 Å². The fourth-order valence-electron chi connectivity index (χ4n) is 4.37. The van der Waals surface area contributed by atoms with Crippen LogP contribution in [0.1, 0.15) is 66.2 Å². The summed E-state index contributed by atoms with van der Waals surface area (Å²) < 4.78 is 13.4. The third-order valence-electron chi connectivity index (χ3n) is 6.06. The van der Waals surface area contributed by atoms with Crippen LogP contribution in [0.5, 0.6) is 0 Å². The van der Waals surface area contributed by atoms with E-state index in [1.165, 1.54) is 0 Å². The van der Waals surface area contributed by atoms with Crippen molar-refractivity contribution in [3.63, 3.8) is 0 Å². The maximum atomic E-state index is 13.4.